The van der Waals surface area contributed by atoms with Crippen LogP contribution in [0.3, 0.4) is 0 Å². The van der Waals surface area contributed by atoms with Crippen LogP contribution < -0.4 is 5.32 Å². The molecule has 0 unspecified atom stereocenters. The van der Waals surface area contributed by atoms with Gasteiger partial charge in [-0.2, -0.15) is 0 Å². The molecule has 0 aromatic heterocycles. The number of rotatable bonds is 0. The molecule has 3 saturated heterocycles. The van der Waals surface area contributed by atoms with Gasteiger partial charge in [-0.1, -0.05) is 0 Å². The smallest absolute Gasteiger partial charge is 0.0729 e. The molecule has 0 amide bonds. The Morgan fingerprint density at radius 1 is 1.29 bits per heavy atom. The molecule has 2 nitrogen and oxygen atoms in total. The van der Waals surface area contributed by atoms with Gasteiger partial charge in [0.05, 0.1) is 12.2 Å². The number of ether oxygens (including phenoxy) is 1. The first-order chi connectivity index (χ1) is 3.45. The Hall–Kier alpha value is -0.0800. The zero-order chi connectivity index (χ0) is 4.69. The summed E-state index contributed by atoms with van der Waals surface area (Å²) in [5.74, 6) is 0. The lowest BCUT2D eigenvalue weighted by Gasteiger charge is -2.41. The van der Waals surface area contributed by atoms with Crippen molar-refractivity contribution in [3.8, 4) is 0 Å². The van der Waals surface area contributed by atoms with E-state index in [1.54, 1.807) is 0 Å². The number of hydrogen-bond donors (Lipinski definition) is 1. The minimum absolute atomic E-state index is 0.568. The van der Waals surface area contributed by atoms with Crippen LogP contribution in [-0.4, -0.2) is 25.3 Å². The SMILES string of the molecule is C1NC[C@@H]2C[C@@H]1O2. The summed E-state index contributed by atoms with van der Waals surface area (Å²) < 4.78 is 5.31. The Morgan fingerprint density at radius 2 is 1.86 bits per heavy atom. The highest BCUT2D eigenvalue weighted by atomic mass is 16.5. The molecule has 40 valence electrons. The first kappa shape index (κ1) is 3.87. The maximum Gasteiger partial charge on any atom is 0.0729 e. The second-order valence-electron chi connectivity index (χ2n) is 2.27. The molecular formula is C5H9NO. The molecule has 0 aliphatic carbocycles. The van der Waals surface area contributed by atoms with E-state index in [2.05, 4.69) is 5.32 Å². The van der Waals surface area contributed by atoms with Crippen LogP contribution >= 0.6 is 0 Å². The Labute approximate surface area is 42.9 Å². The minimum Gasteiger partial charge on any atom is -0.372 e. The van der Waals surface area contributed by atoms with Crippen LogP contribution in [0.5, 0.6) is 0 Å². The van der Waals surface area contributed by atoms with Crippen LogP contribution in [0, 0.1) is 0 Å². The Bertz CT molecular complexity index is 64.6. The molecule has 3 rings (SSSR count). The highest BCUT2D eigenvalue weighted by Gasteiger charge is 2.33. The molecular weight excluding hydrogens is 90.1 g/mol. The molecule has 7 heavy (non-hydrogen) atoms. The minimum atomic E-state index is 0.568. The lowest BCUT2D eigenvalue weighted by atomic mass is 10.0. The zero-order valence-electron chi connectivity index (χ0n) is 4.18. The Kier molecular flexibility index (Phi) is 0.664. The summed E-state index contributed by atoms with van der Waals surface area (Å²) in [5, 5.41) is 3.26. The zero-order valence-corrected chi connectivity index (χ0v) is 4.18. The van der Waals surface area contributed by atoms with Crippen LogP contribution in [0.4, 0.5) is 0 Å². The van der Waals surface area contributed by atoms with Gasteiger partial charge in [-0.3, -0.25) is 0 Å². The molecule has 0 spiro atoms. The van der Waals surface area contributed by atoms with Gasteiger partial charge in [0.1, 0.15) is 0 Å². The number of piperidine rings is 1. The second-order valence-corrected chi connectivity index (χ2v) is 2.27. The van der Waals surface area contributed by atoms with Gasteiger partial charge >= 0.3 is 0 Å². The van der Waals surface area contributed by atoms with Crippen LogP contribution in [0.15, 0.2) is 0 Å². The third kappa shape index (κ3) is 0.469. The fourth-order valence-corrected chi connectivity index (χ4v) is 1.22. The quantitative estimate of drug-likeness (QED) is 0.452. The summed E-state index contributed by atoms with van der Waals surface area (Å²) in [4.78, 5) is 0. The van der Waals surface area contributed by atoms with E-state index in [1.165, 1.54) is 6.42 Å². The van der Waals surface area contributed by atoms with Gasteiger partial charge in [0, 0.05) is 19.5 Å². The van der Waals surface area contributed by atoms with E-state index in [-0.39, 0.29) is 0 Å². The first-order valence-corrected chi connectivity index (χ1v) is 2.81. The molecule has 0 radical (unpaired) electrons. The van der Waals surface area contributed by atoms with Crippen molar-refractivity contribution >= 4 is 0 Å². The largest absolute Gasteiger partial charge is 0.372 e. The first-order valence-electron chi connectivity index (χ1n) is 2.81. The van der Waals surface area contributed by atoms with E-state index < -0.39 is 0 Å². The molecule has 2 heteroatoms. The Balaban J connectivity index is 1.99. The Morgan fingerprint density at radius 3 is 2.00 bits per heavy atom. The molecule has 3 fully saturated rings. The molecule has 0 saturated carbocycles. The van der Waals surface area contributed by atoms with Gasteiger partial charge in [-0.25, -0.2) is 0 Å². The number of hydrogen-bond acceptors (Lipinski definition) is 2. The molecule has 2 atom stereocenters. The molecule has 0 aromatic carbocycles. The maximum absolute atomic E-state index is 5.31. The van der Waals surface area contributed by atoms with Gasteiger partial charge in [0.15, 0.2) is 0 Å². The molecule has 1 N–H and O–H groups in total. The fourth-order valence-electron chi connectivity index (χ4n) is 1.22. The van der Waals surface area contributed by atoms with Crippen LogP contribution in [0.1, 0.15) is 6.42 Å². The lowest BCUT2D eigenvalue weighted by Crippen LogP contribution is -2.55. The van der Waals surface area contributed by atoms with E-state index in [4.69, 9.17) is 4.74 Å². The second kappa shape index (κ2) is 1.20. The summed E-state index contributed by atoms with van der Waals surface area (Å²) in [5.41, 5.74) is 0. The summed E-state index contributed by atoms with van der Waals surface area (Å²) in [6, 6.07) is 0. The van der Waals surface area contributed by atoms with Crippen molar-refractivity contribution in [3.63, 3.8) is 0 Å². The van der Waals surface area contributed by atoms with Crippen molar-refractivity contribution in [2.24, 2.45) is 0 Å². The summed E-state index contributed by atoms with van der Waals surface area (Å²) >= 11 is 0. The molecule has 3 aliphatic heterocycles. The van der Waals surface area contributed by atoms with Crippen LogP contribution in [0.25, 0.3) is 0 Å². The van der Waals surface area contributed by atoms with E-state index in [0.717, 1.165) is 13.1 Å². The summed E-state index contributed by atoms with van der Waals surface area (Å²) in [6.45, 7) is 2.16. The van der Waals surface area contributed by atoms with Gasteiger partial charge < -0.3 is 10.1 Å². The van der Waals surface area contributed by atoms with E-state index in [1.807, 2.05) is 0 Å². The van der Waals surface area contributed by atoms with E-state index in [0.29, 0.717) is 12.2 Å². The van der Waals surface area contributed by atoms with Crippen molar-refractivity contribution in [2.45, 2.75) is 18.6 Å². The van der Waals surface area contributed by atoms with Gasteiger partial charge in [-0.15, -0.1) is 0 Å². The highest BCUT2D eigenvalue weighted by Crippen LogP contribution is 2.22. The van der Waals surface area contributed by atoms with Gasteiger partial charge in [0.2, 0.25) is 0 Å². The number of nitrogens with one attached hydrogen (secondary N) is 1. The standard InChI is InChI=1S/C5H9NO/c1-4-2-6-3-5(1)7-4/h4-6H,1-3H2/t4-,5-/m0/s1. The normalized spacial score (nSPS) is 48.0. The average molecular weight is 99.1 g/mol. The van der Waals surface area contributed by atoms with Crippen molar-refractivity contribution < 1.29 is 4.74 Å². The third-order valence-corrected chi connectivity index (χ3v) is 1.65. The summed E-state index contributed by atoms with van der Waals surface area (Å²) in [6.07, 6.45) is 2.44. The van der Waals surface area contributed by atoms with E-state index in [9.17, 15) is 0 Å². The molecule has 2 bridgehead atoms. The molecule has 3 heterocycles. The molecule has 0 aromatic rings. The van der Waals surface area contributed by atoms with Gasteiger partial charge in [0.25, 0.3) is 0 Å². The van der Waals surface area contributed by atoms with Crippen molar-refractivity contribution in [3.05, 3.63) is 0 Å². The van der Waals surface area contributed by atoms with Crippen LogP contribution in [0.2, 0.25) is 0 Å². The third-order valence-electron chi connectivity index (χ3n) is 1.65. The van der Waals surface area contributed by atoms with E-state index >= 15 is 0 Å². The van der Waals surface area contributed by atoms with Gasteiger partial charge in [-0.05, 0) is 0 Å². The number of fused-ring (bicyclic) bond motifs is 2. The average Bonchev–Trinajstić information content (AvgIpc) is 1.67. The lowest BCUT2D eigenvalue weighted by molar-refractivity contribution is -0.143. The van der Waals surface area contributed by atoms with Crippen molar-refractivity contribution in [2.75, 3.05) is 13.1 Å². The van der Waals surface area contributed by atoms with Crippen molar-refractivity contribution in [1.29, 1.82) is 0 Å². The van der Waals surface area contributed by atoms with Crippen molar-refractivity contribution in [1.82, 2.24) is 5.32 Å². The maximum atomic E-state index is 5.31. The highest BCUT2D eigenvalue weighted by molar-refractivity contribution is 4.86. The predicted octanol–water partition coefficient (Wildman–Crippen LogP) is -0.253. The number of morpholine rings is 1. The fraction of sp³-hybridized carbons (Fsp3) is 1.00. The molecule has 3 aliphatic rings. The topological polar surface area (TPSA) is 21.3 Å². The predicted molar refractivity (Wildman–Crippen MR) is 26.1 cm³/mol. The monoisotopic (exact) mass is 99.1 g/mol. The van der Waals surface area contributed by atoms with Crippen LogP contribution in [-0.2, 0) is 4.74 Å². The summed E-state index contributed by atoms with van der Waals surface area (Å²) in [7, 11) is 0.